The van der Waals surface area contributed by atoms with Crippen LogP contribution in [0.25, 0.3) is 0 Å². The molecule has 0 saturated heterocycles. The van der Waals surface area contributed by atoms with Crippen molar-refractivity contribution in [3.63, 3.8) is 0 Å². The highest BCUT2D eigenvalue weighted by Gasteiger charge is 2.06. The van der Waals surface area contributed by atoms with Gasteiger partial charge in [0.1, 0.15) is 0 Å². The van der Waals surface area contributed by atoms with E-state index in [9.17, 15) is 4.79 Å². The van der Waals surface area contributed by atoms with E-state index in [0.29, 0.717) is 30.7 Å². The van der Waals surface area contributed by atoms with E-state index in [1.165, 1.54) is 18.9 Å². The molecule has 0 aliphatic rings. The van der Waals surface area contributed by atoms with Gasteiger partial charge in [-0.15, -0.1) is 6.58 Å². The quantitative estimate of drug-likeness (QED) is 0.482. The maximum atomic E-state index is 11.0. The minimum absolute atomic E-state index is 0.0756. The highest BCUT2D eigenvalue weighted by atomic mass is 32.2. The van der Waals surface area contributed by atoms with Gasteiger partial charge in [0, 0.05) is 25.9 Å². The van der Waals surface area contributed by atoms with Crippen LogP contribution in [0.5, 0.6) is 6.01 Å². The van der Waals surface area contributed by atoms with E-state index in [1.807, 2.05) is 0 Å². The Morgan fingerprint density at radius 2 is 2.05 bits per heavy atom. The number of anilines is 2. The molecule has 0 atom stereocenters. The predicted molar refractivity (Wildman–Crippen MR) is 80.5 cm³/mol. The molecule has 1 rings (SSSR count). The lowest BCUT2D eigenvalue weighted by atomic mass is 10.6. The third-order valence-electron chi connectivity index (χ3n) is 2.02. The highest BCUT2D eigenvalue weighted by molar-refractivity contribution is 8.13. The Labute approximate surface area is 121 Å². The first-order valence-corrected chi connectivity index (χ1v) is 6.91. The number of rotatable bonds is 8. The van der Waals surface area contributed by atoms with Crippen LogP contribution in [-0.2, 0) is 0 Å². The molecule has 9 heteroatoms. The molecule has 0 aliphatic carbocycles. The van der Waals surface area contributed by atoms with Gasteiger partial charge in [0.2, 0.25) is 11.9 Å². The van der Waals surface area contributed by atoms with Gasteiger partial charge >= 0.3 is 6.01 Å². The minimum atomic E-state index is -0.0756. The van der Waals surface area contributed by atoms with Crippen LogP contribution in [0, 0.1) is 0 Å². The lowest BCUT2D eigenvalue weighted by Gasteiger charge is -2.08. The summed E-state index contributed by atoms with van der Waals surface area (Å²) in [5, 5.41) is 8.42. The molecule has 0 spiro atoms. The topological polar surface area (TPSA) is 101 Å². The van der Waals surface area contributed by atoms with E-state index >= 15 is 0 Å². The lowest BCUT2D eigenvalue weighted by molar-refractivity contribution is 0.262. The normalized spacial score (nSPS) is 9.70. The van der Waals surface area contributed by atoms with Gasteiger partial charge in [-0.1, -0.05) is 17.8 Å². The maximum Gasteiger partial charge on any atom is 0.322 e. The van der Waals surface area contributed by atoms with Gasteiger partial charge in [0.25, 0.3) is 5.24 Å². The van der Waals surface area contributed by atoms with Crippen LogP contribution in [0.1, 0.15) is 0 Å². The van der Waals surface area contributed by atoms with Crippen molar-refractivity contribution in [2.24, 2.45) is 0 Å². The molecule has 1 amide bonds. The number of carbonyl (C=O) groups excluding carboxylic acids is 1. The van der Waals surface area contributed by atoms with Crippen molar-refractivity contribution < 1.29 is 9.53 Å². The molecule has 0 aliphatic heterocycles. The third kappa shape index (κ3) is 5.74. The SMILES string of the molecule is C=CCNc1nc(NCCSC(=O)NC)nc(OC)n1. The summed E-state index contributed by atoms with van der Waals surface area (Å²) in [6.07, 6.45) is 1.70. The van der Waals surface area contributed by atoms with Crippen LogP contribution in [0.4, 0.5) is 16.7 Å². The molecule has 0 radical (unpaired) electrons. The second-order valence-corrected chi connectivity index (χ2v) is 4.52. The summed E-state index contributed by atoms with van der Waals surface area (Å²) < 4.78 is 5.00. The molecule has 0 fully saturated rings. The van der Waals surface area contributed by atoms with Crippen molar-refractivity contribution in [2.75, 3.05) is 43.6 Å². The Balaban J connectivity index is 2.54. The van der Waals surface area contributed by atoms with Gasteiger partial charge < -0.3 is 20.7 Å². The number of ether oxygens (including phenoxy) is 1. The van der Waals surface area contributed by atoms with Crippen molar-refractivity contribution in [2.45, 2.75) is 0 Å². The smallest absolute Gasteiger partial charge is 0.322 e. The van der Waals surface area contributed by atoms with Crippen LogP contribution >= 0.6 is 11.8 Å². The summed E-state index contributed by atoms with van der Waals surface area (Å²) in [4.78, 5) is 23.3. The summed E-state index contributed by atoms with van der Waals surface area (Å²) >= 11 is 1.18. The van der Waals surface area contributed by atoms with Crippen molar-refractivity contribution in [1.82, 2.24) is 20.3 Å². The first-order valence-electron chi connectivity index (χ1n) is 5.92. The van der Waals surface area contributed by atoms with E-state index in [-0.39, 0.29) is 11.2 Å². The van der Waals surface area contributed by atoms with E-state index in [4.69, 9.17) is 4.74 Å². The van der Waals surface area contributed by atoms with Gasteiger partial charge in [-0.3, -0.25) is 4.79 Å². The maximum absolute atomic E-state index is 11.0. The predicted octanol–water partition coefficient (Wildman–Crippen LogP) is 0.963. The van der Waals surface area contributed by atoms with E-state index in [1.54, 1.807) is 13.1 Å². The van der Waals surface area contributed by atoms with Crippen molar-refractivity contribution in [3.05, 3.63) is 12.7 Å². The van der Waals surface area contributed by atoms with E-state index < -0.39 is 0 Å². The number of thioether (sulfide) groups is 1. The monoisotopic (exact) mass is 298 g/mol. The Bertz CT molecular complexity index is 457. The van der Waals surface area contributed by atoms with Crippen LogP contribution in [0.15, 0.2) is 12.7 Å². The molecule has 3 N–H and O–H groups in total. The molecule has 0 unspecified atom stereocenters. The fraction of sp³-hybridized carbons (Fsp3) is 0.455. The standard InChI is InChI=1S/C11H18N6O2S/c1-4-5-13-8-15-9(17-10(16-8)19-3)14-6-7-20-11(18)12-2/h4H,1,5-7H2,2-3H3,(H,12,18)(H2,13,14,15,16,17). The summed E-state index contributed by atoms with van der Waals surface area (Å²) in [6.45, 7) is 4.69. The van der Waals surface area contributed by atoms with Gasteiger partial charge in [-0.2, -0.15) is 15.0 Å². The number of hydrogen-bond acceptors (Lipinski definition) is 8. The number of aromatic nitrogens is 3. The molecule has 110 valence electrons. The number of hydrogen-bond donors (Lipinski definition) is 3. The van der Waals surface area contributed by atoms with Gasteiger partial charge in [-0.05, 0) is 0 Å². The number of carbonyl (C=O) groups is 1. The number of nitrogens with zero attached hydrogens (tertiary/aromatic N) is 3. The molecular weight excluding hydrogens is 280 g/mol. The molecule has 8 nitrogen and oxygen atoms in total. The first kappa shape index (κ1) is 16.0. The van der Waals surface area contributed by atoms with Crippen molar-refractivity contribution in [3.8, 4) is 6.01 Å². The second-order valence-electron chi connectivity index (χ2n) is 3.45. The summed E-state index contributed by atoms with van der Waals surface area (Å²) in [5.41, 5.74) is 0. The number of nitrogens with one attached hydrogen (secondary N) is 3. The summed E-state index contributed by atoms with van der Waals surface area (Å²) in [5.74, 6) is 1.39. The van der Waals surface area contributed by atoms with Crippen LogP contribution in [0.2, 0.25) is 0 Å². The van der Waals surface area contributed by atoms with E-state index in [2.05, 4.69) is 37.5 Å². The molecule has 0 bridgehead atoms. The zero-order valence-corrected chi connectivity index (χ0v) is 12.3. The van der Waals surface area contributed by atoms with Gasteiger partial charge in [0.05, 0.1) is 7.11 Å². The molecular formula is C11H18N6O2S. The molecule has 1 aromatic heterocycles. The summed E-state index contributed by atoms with van der Waals surface area (Å²) in [7, 11) is 3.08. The lowest BCUT2D eigenvalue weighted by Crippen LogP contribution is -2.15. The molecule has 0 saturated carbocycles. The number of methoxy groups -OCH3 is 1. The second kappa shape index (κ2) is 8.97. The fourth-order valence-corrected chi connectivity index (χ4v) is 1.68. The Kier molecular flexibility index (Phi) is 7.18. The first-order chi connectivity index (χ1) is 9.69. The molecule has 1 heterocycles. The van der Waals surface area contributed by atoms with E-state index in [0.717, 1.165) is 0 Å². The average molecular weight is 298 g/mol. The zero-order chi connectivity index (χ0) is 14.8. The van der Waals surface area contributed by atoms with Gasteiger partial charge in [0.15, 0.2) is 0 Å². The Hall–Kier alpha value is -2.03. The Morgan fingerprint density at radius 1 is 1.35 bits per heavy atom. The third-order valence-corrected chi connectivity index (χ3v) is 2.90. The van der Waals surface area contributed by atoms with Crippen LogP contribution in [-0.4, -0.2) is 53.2 Å². The molecule has 20 heavy (non-hydrogen) atoms. The largest absolute Gasteiger partial charge is 0.467 e. The minimum Gasteiger partial charge on any atom is -0.467 e. The van der Waals surface area contributed by atoms with Crippen LogP contribution < -0.4 is 20.7 Å². The molecule has 1 aromatic rings. The molecule has 0 aromatic carbocycles. The van der Waals surface area contributed by atoms with Crippen molar-refractivity contribution >= 4 is 28.9 Å². The average Bonchev–Trinajstić information content (AvgIpc) is 2.48. The van der Waals surface area contributed by atoms with Crippen molar-refractivity contribution in [1.29, 1.82) is 0 Å². The zero-order valence-electron chi connectivity index (χ0n) is 11.5. The highest BCUT2D eigenvalue weighted by Crippen LogP contribution is 2.10. The Morgan fingerprint density at radius 3 is 2.65 bits per heavy atom. The fourth-order valence-electron chi connectivity index (χ4n) is 1.15. The number of amides is 1. The van der Waals surface area contributed by atoms with Crippen LogP contribution in [0.3, 0.4) is 0 Å². The van der Waals surface area contributed by atoms with Gasteiger partial charge in [-0.25, -0.2) is 0 Å². The summed E-state index contributed by atoms with van der Waals surface area (Å²) in [6, 6.07) is 0.216.